The smallest absolute Gasteiger partial charge is 0.478 e. The van der Waals surface area contributed by atoms with E-state index in [1.54, 1.807) is 6.26 Å². The molecule has 2 heterocycles. The third-order valence-electron chi connectivity index (χ3n) is 4.36. The Balaban J connectivity index is 0.000000479. The van der Waals surface area contributed by atoms with Gasteiger partial charge in [-0.1, -0.05) is 32.0 Å². The number of anilines is 1. The van der Waals surface area contributed by atoms with Crippen molar-refractivity contribution in [3.05, 3.63) is 60.0 Å². The maximum atomic E-state index is 10.6. The van der Waals surface area contributed by atoms with Crippen LogP contribution in [0.4, 0.5) is 19.1 Å². The molecule has 0 aliphatic rings. The van der Waals surface area contributed by atoms with Crippen molar-refractivity contribution in [3.63, 3.8) is 0 Å². The first-order chi connectivity index (χ1) is 15.5. The van der Waals surface area contributed by atoms with Crippen LogP contribution < -0.4 is 10.5 Å². The summed E-state index contributed by atoms with van der Waals surface area (Å²) in [5.74, 6) is -0.481. The molecule has 3 rings (SSSR count). The van der Waals surface area contributed by atoms with Crippen LogP contribution in [0.2, 0.25) is 0 Å². The monoisotopic (exact) mass is 465 g/mol. The highest BCUT2D eigenvalue weighted by atomic mass is 19.4. The number of nitrogen functional groups attached to an aromatic ring is 1. The number of aromatic nitrogens is 2. The summed E-state index contributed by atoms with van der Waals surface area (Å²) < 4.78 is 42.9. The maximum absolute atomic E-state index is 10.6. The molecule has 7 nitrogen and oxygen atoms in total. The molecule has 0 aliphatic carbocycles. The molecule has 0 saturated carbocycles. The Morgan fingerprint density at radius 2 is 1.88 bits per heavy atom. The summed E-state index contributed by atoms with van der Waals surface area (Å²) in [5, 5.41) is 7.12. The minimum absolute atomic E-state index is 0.256. The molecule has 0 radical (unpaired) electrons. The lowest BCUT2D eigenvalue weighted by atomic mass is 10.0. The van der Waals surface area contributed by atoms with Gasteiger partial charge in [-0.3, -0.25) is 0 Å². The van der Waals surface area contributed by atoms with Crippen LogP contribution in [0.5, 0.6) is 5.88 Å². The average molecular weight is 465 g/mol. The highest BCUT2D eigenvalue weighted by Crippen LogP contribution is 2.22. The van der Waals surface area contributed by atoms with Gasteiger partial charge in [-0.05, 0) is 48.9 Å². The second kappa shape index (κ2) is 11.9. The number of carboxylic acid groups (broad SMARTS) is 1. The zero-order valence-electron chi connectivity index (χ0n) is 18.3. The van der Waals surface area contributed by atoms with Gasteiger partial charge in [0, 0.05) is 11.6 Å². The third-order valence-corrected chi connectivity index (χ3v) is 4.36. The fraction of sp³-hybridized carbons (Fsp3) is 0.348. The van der Waals surface area contributed by atoms with Crippen LogP contribution >= 0.6 is 0 Å². The number of nitrogens with zero attached hydrogens (tertiary/aromatic N) is 2. The highest BCUT2D eigenvalue weighted by Gasteiger charge is 2.38. The third kappa shape index (κ3) is 9.22. The second-order valence-electron chi connectivity index (χ2n) is 7.57. The Morgan fingerprint density at radius 3 is 2.48 bits per heavy atom. The van der Waals surface area contributed by atoms with E-state index in [2.05, 4.69) is 35.9 Å². The summed E-state index contributed by atoms with van der Waals surface area (Å²) in [6.07, 6.45) is -0.781. The van der Waals surface area contributed by atoms with Crippen molar-refractivity contribution in [1.82, 2.24) is 9.97 Å². The highest BCUT2D eigenvalue weighted by molar-refractivity contribution is 5.73. The number of hydrogen-bond donors (Lipinski definition) is 2. The number of carbonyl (C=O) groups is 1. The normalized spacial score (nSPS) is 11.1. The van der Waals surface area contributed by atoms with Gasteiger partial charge in [-0.15, -0.1) is 0 Å². The Morgan fingerprint density at radius 1 is 1.15 bits per heavy atom. The van der Waals surface area contributed by atoms with Crippen molar-refractivity contribution < 1.29 is 32.2 Å². The van der Waals surface area contributed by atoms with Gasteiger partial charge >= 0.3 is 12.1 Å². The quantitative estimate of drug-likeness (QED) is 0.472. The molecule has 0 fully saturated rings. The Bertz CT molecular complexity index is 1020. The lowest BCUT2D eigenvalue weighted by molar-refractivity contribution is -0.192. The van der Waals surface area contributed by atoms with Crippen LogP contribution in [0.3, 0.4) is 0 Å². The van der Waals surface area contributed by atoms with Gasteiger partial charge < -0.3 is 20.0 Å². The lowest BCUT2D eigenvalue weighted by Gasteiger charge is -2.09. The summed E-state index contributed by atoms with van der Waals surface area (Å²) in [4.78, 5) is 17.4. The first-order valence-electron chi connectivity index (χ1n) is 10.2. The number of furan rings is 1. The SMILES string of the molecule is CC(C)CCOc1cc(CCc2cccc(-c3ccco3)c2)nc(N)n1.O=C(O)C(F)(F)F. The van der Waals surface area contributed by atoms with Gasteiger partial charge in [0.25, 0.3) is 0 Å². The predicted octanol–water partition coefficient (Wildman–Crippen LogP) is 5.16. The van der Waals surface area contributed by atoms with Crippen LogP contribution in [-0.4, -0.2) is 33.8 Å². The van der Waals surface area contributed by atoms with Crippen LogP contribution in [0.15, 0.2) is 53.1 Å². The van der Waals surface area contributed by atoms with Crippen LogP contribution in [0.1, 0.15) is 31.5 Å². The number of alkyl halides is 3. The van der Waals surface area contributed by atoms with Gasteiger partial charge in [0.2, 0.25) is 11.8 Å². The van der Waals surface area contributed by atoms with E-state index >= 15 is 0 Å². The van der Waals surface area contributed by atoms with Gasteiger partial charge in [-0.25, -0.2) is 9.78 Å². The molecule has 2 aromatic heterocycles. The summed E-state index contributed by atoms with van der Waals surface area (Å²) in [6.45, 7) is 4.97. The number of aryl methyl sites for hydroxylation is 2. The molecule has 0 bridgehead atoms. The summed E-state index contributed by atoms with van der Waals surface area (Å²) in [7, 11) is 0. The zero-order valence-corrected chi connectivity index (χ0v) is 18.3. The molecular formula is C23H26F3N3O4. The minimum Gasteiger partial charge on any atom is -0.478 e. The Kier molecular flexibility index (Phi) is 9.26. The molecule has 3 aromatic rings. The van der Waals surface area contributed by atoms with Crippen molar-refractivity contribution in [3.8, 4) is 17.2 Å². The second-order valence-corrected chi connectivity index (χ2v) is 7.57. The van der Waals surface area contributed by atoms with E-state index in [4.69, 9.17) is 24.8 Å². The number of hydrogen-bond acceptors (Lipinski definition) is 6. The molecule has 178 valence electrons. The van der Waals surface area contributed by atoms with Gasteiger partial charge in [0.05, 0.1) is 18.6 Å². The molecule has 0 spiro atoms. The van der Waals surface area contributed by atoms with E-state index < -0.39 is 12.1 Å². The summed E-state index contributed by atoms with van der Waals surface area (Å²) in [5.41, 5.74) is 9.02. The topological polar surface area (TPSA) is 111 Å². The van der Waals surface area contributed by atoms with Crippen molar-refractivity contribution in [1.29, 1.82) is 0 Å². The molecule has 0 unspecified atom stereocenters. The average Bonchev–Trinajstić information content (AvgIpc) is 3.27. The van der Waals surface area contributed by atoms with E-state index in [1.165, 1.54) is 5.56 Å². The number of halogens is 3. The fourth-order valence-corrected chi connectivity index (χ4v) is 2.69. The van der Waals surface area contributed by atoms with Crippen molar-refractivity contribution in [2.75, 3.05) is 12.3 Å². The fourth-order valence-electron chi connectivity index (χ4n) is 2.69. The number of nitrogens with two attached hydrogens (primary N) is 1. The van der Waals surface area contributed by atoms with Crippen LogP contribution in [0.25, 0.3) is 11.3 Å². The van der Waals surface area contributed by atoms with Gasteiger partial charge in [-0.2, -0.15) is 18.2 Å². The van der Waals surface area contributed by atoms with E-state index in [9.17, 15) is 13.2 Å². The maximum Gasteiger partial charge on any atom is 0.490 e. The molecule has 33 heavy (non-hydrogen) atoms. The van der Waals surface area contributed by atoms with E-state index in [0.717, 1.165) is 36.3 Å². The van der Waals surface area contributed by atoms with E-state index in [-0.39, 0.29) is 5.95 Å². The largest absolute Gasteiger partial charge is 0.490 e. The first-order valence-corrected chi connectivity index (χ1v) is 10.2. The van der Waals surface area contributed by atoms with Crippen LogP contribution in [-0.2, 0) is 17.6 Å². The molecular weight excluding hydrogens is 439 g/mol. The van der Waals surface area contributed by atoms with Crippen molar-refractivity contribution in [2.45, 2.75) is 39.3 Å². The molecule has 10 heteroatoms. The van der Waals surface area contributed by atoms with E-state index in [0.29, 0.717) is 18.4 Å². The van der Waals surface area contributed by atoms with Crippen molar-refractivity contribution in [2.24, 2.45) is 5.92 Å². The van der Waals surface area contributed by atoms with Crippen LogP contribution in [0, 0.1) is 5.92 Å². The molecule has 0 atom stereocenters. The minimum atomic E-state index is -5.08. The molecule has 0 amide bonds. The van der Waals surface area contributed by atoms with Gasteiger partial charge in [0.1, 0.15) is 5.76 Å². The number of ether oxygens (including phenoxy) is 1. The molecule has 0 saturated heterocycles. The summed E-state index contributed by atoms with van der Waals surface area (Å²) >= 11 is 0. The van der Waals surface area contributed by atoms with Gasteiger partial charge in [0.15, 0.2) is 0 Å². The Hall–Kier alpha value is -3.56. The molecule has 1 aromatic carbocycles. The first kappa shape index (κ1) is 25.7. The summed E-state index contributed by atoms with van der Waals surface area (Å²) in [6, 6.07) is 14.1. The predicted molar refractivity (Wildman–Crippen MR) is 117 cm³/mol. The molecule has 0 aliphatic heterocycles. The number of rotatable bonds is 8. The Labute approximate surface area is 189 Å². The molecule has 3 N–H and O–H groups in total. The van der Waals surface area contributed by atoms with E-state index in [1.807, 2.05) is 30.3 Å². The number of aliphatic carboxylic acids is 1. The lowest BCUT2D eigenvalue weighted by Crippen LogP contribution is -2.21. The van der Waals surface area contributed by atoms with Crippen molar-refractivity contribution >= 4 is 11.9 Å². The number of benzene rings is 1. The number of carboxylic acids is 1. The standard InChI is InChI=1S/C21H25N3O2.C2HF3O2/c1-15(2)10-12-26-20-14-18(23-21(22)24-20)9-8-16-5-3-6-17(13-16)19-7-4-11-25-19;3-2(4,5)1(6)7/h3-7,11,13-15H,8-10,12H2,1-2H3,(H2,22,23,24);(H,6,7). The zero-order chi connectivity index (χ0) is 24.4.